The molecule has 6 heteroatoms. The highest BCUT2D eigenvalue weighted by atomic mass is 16.4. The number of rotatable bonds is 4. The van der Waals surface area contributed by atoms with Crippen molar-refractivity contribution in [2.24, 2.45) is 5.92 Å². The molecule has 0 atom stereocenters. The summed E-state index contributed by atoms with van der Waals surface area (Å²) in [6, 6.07) is 6.66. The molecule has 0 spiro atoms. The lowest BCUT2D eigenvalue weighted by Crippen LogP contribution is -2.35. The standard InChI is InChI=1S/C23H28N4O2.H2/c1-14-9-18(21-13-24-15(2)29-21)10-17-11-22(25-12-20(14)17)26-23(28)16-5-7-19(8-6-16)27(3)4;/h9-13,16,19H,5-8H2,1-4H3,(H,25,26,28);1H. The summed E-state index contributed by atoms with van der Waals surface area (Å²) in [6.45, 7) is 3.89. The first-order valence-electron chi connectivity index (χ1n) is 10.2. The van der Waals surface area contributed by atoms with Crippen molar-refractivity contribution in [1.82, 2.24) is 14.9 Å². The fourth-order valence-corrected chi connectivity index (χ4v) is 4.23. The zero-order valence-corrected chi connectivity index (χ0v) is 17.5. The number of aromatic nitrogens is 2. The lowest BCUT2D eigenvalue weighted by atomic mass is 9.85. The van der Waals surface area contributed by atoms with E-state index in [1.807, 2.05) is 19.2 Å². The second-order valence-electron chi connectivity index (χ2n) is 8.29. The first-order chi connectivity index (χ1) is 13.9. The monoisotopic (exact) mass is 394 g/mol. The van der Waals surface area contributed by atoms with Crippen molar-refractivity contribution in [3.63, 3.8) is 0 Å². The van der Waals surface area contributed by atoms with Crippen LogP contribution in [0.2, 0.25) is 0 Å². The highest BCUT2D eigenvalue weighted by Crippen LogP contribution is 2.30. The summed E-state index contributed by atoms with van der Waals surface area (Å²) in [5.41, 5.74) is 2.08. The second-order valence-corrected chi connectivity index (χ2v) is 8.29. The van der Waals surface area contributed by atoms with Crippen LogP contribution in [-0.2, 0) is 4.79 Å². The van der Waals surface area contributed by atoms with Gasteiger partial charge in [-0.1, -0.05) is 0 Å². The third-order valence-corrected chi connectivity index (χ3v) is 6.00. The van der Waals surface area contributed by atoms with Crippen LogP contribution in [0.4, 0.5) is 5.82 Å². The van der Waals surface area contributed by atoms with E-state index < -0.39 is 0 Å². The van der Waals surface area contributed by atoms with Crippen molar-refractivity contribution >= 4 is 22.5 Å². The minimum atomic E-state index is 0. The summed E-state index contributed by atoms with van der Waals surface area (Å²) in [5, 5.41) is 5.12. The molecule has 154 valence electrons. The van der Waals surface area contributed by atoms with Crippen LogP contribution in [0.25, 0.3) is 22.1 Å². The summed E-state index contributed by atoms with van der Waals surface area (Å²) in [7, 11) is 4.22. The highest BCUT2D eigenvalue weighted by Gasteiger charge is 2.27. The number of pyridine rings is 1. The van der Waals surface area contributed by atoms with Gasteiger partial charge in [0.25, 0.3) is 0 Å². The van der Waals surface area contributed by atoms with Gasteiger partial charge in [-0.25, -0.2) is 9.97 Å². The number of aryl methyl sites for hydroxylation is 2. The number of benzene rings is 1. The van der Waals surface area contributed by atoms with E-state index in [-0.39, 0.29) is 13.3 Å². The van der Waals surface area contributed by atoms with Gasteiger partial charge in [0.1, 0.15) is 5.82 Å². The SMILES string of the molecule is Cc1ncc(-c2cc(C)c3cnc(NC(=O)C4CCC(N(C)C)CC4)cc3c2)o1.[HH]. The molecular weight excluding hydrogens is 364 g/mol. The molecule has 0 bridgehead atoms. The maximum absolute atomic E-state index is 12.8. The molecule has 0 saturated heterocycles. The molecule has 1 fully saturated rings. The van der Waals surface area contributed by atoms with Gasteiger partial charge in [0.05, 0.1) is 6.20 Å². The minimum Gasteiger partial charge on any atom is -0.441 e. The Hall–Kier alpha value is -2.73. The number of nitrogens with zero attached hydrogens (tertiary/aromatic N) is 3. The molecule has 1 aromatic carbocycles. The first kappa shape index (κ1) is 19.6. The average Bonchev–Trinajstić information content (AvgIpc) is 3.14. The topological polar surface area (TPSA) is 71.3 Å². The van der Waals surface area contributed by atoms with Crippen molar-refractivity contribution in [2.75, 3.05) is 19.4 Å². The van der Waals surface area contributed by atoms with E-state index in [0.717, 1.165) is 53.3 Å². The first-order valence-corrected chi connectivity index (χ1v) is 10.2. The van der Waals surface area contributed by atoms with E-state index in [1.54, 1.807) is 6.20 Å². The van der Waals surface area contributed by atoms with Crippen LogP contribution in [0, 0.1) is 19.8 Å². The Labute approximate surface area is 172 Å². The lowest BCUT2D eigenvalue weighted by Gasteiger charge is -2.31. The van der Waals surface area contributed by atoms with Gasteiger partial charge in [-0.05, 0) is 75.9 Å². The molecule has 1 aliphatic rings. The van der Waals surface area contributed by atoms with Crippen molar-refractivity contribution in [3.8, 4) is 11.3 Å². The molecule has 0 radical (unpaired) electrons. The Morgan fingerprint density at radius 2 is 1.86 bits per heavy atom. The second kappa shape index (κ2) is 7.95. The van der Waals surface area contributed by atoms with Gasteiger partial charge >= 0.3 is 0 Å². The number of hydrogen-bond acceptors (Lipinski definition) is 5. The summed E-state index contributed by atoms with van der Waals surface area (Å²) >= 11 is 0. The van der Waals surface area contributed by atoms with E-state index in [1.165, 1.54) is 0 Å². The molecule has 1 aliphatic carbocycles. The molecule has 2 aromatic heterocycles. The van der Waals surface area contributed by atoms with Gasteiger partial charge < -0.3 is 14.6 Å². The van der Waals surface area contributed by atoms with E-state index in [2.05, 4.69) is 53.3 Å². The lowest BCUT2D eigenvalue weighted by molar-refractivity contribution is -0.121. The van der Waals surface area contributed by atoms with E-state index >= 15 is 0 Å². The Balaban J connectivity index is 0.00000256. The van der Waals surface area contributed by atoms with Crippen molar-refractivity contribution in [1.29, 1.82) is 0 Å². The van der Waals surface area contributed by atoms with Gasteiger partial charge in [0.15, 0.2) is 11.7 Å². The van der Waals surface area contributed by atoms with Gasteiger partial charge in [-0.3, -0.25) is 4.79 Å². The molecule has 1 N–H and O–H groups in total. The maximum Gasteiger partial charge on any atom is 0.228 e. The predicted octanol–water partition coefficient (Wildman–Crippen LogP) is 4.81. The van der Waals surface area contributed by atoms with Crippen molar-refractivity contribution in [3.05, 3.63) is 42.0 Å². The normalized spacial score (nSPS) is 19.6. The third-order valence-electron chi connectivity index (χ3n) is 6.00. The minimum absolute atomic E-state index is 0. The van der Waals surface area contributed by atoms with Crippen LogP contribution in [0.3, 0.4) is 0 Å². The molecule has 29 heavy (non-hydrogen) atoms. The Morgan fingerprint density at radius 3 is 2.52 bits per heavy atom. The van der Waals surface area contributed by atoms with Crippen molar-refractivity contribution < 1.29 is 10.6 Å². The number of hydrogen-bond donors (Lipinski definition) is 1. The number of oxazole rings is 1. The van der Waals surface area contributed by atoms with E-state index in [9.17, 15) is 4.79 Å². The van der Waals surface area contributed by atoms with Gasteiger partial charge in [-0.2, -0.15) is 0 Å². The van der Waals surface area contributed by atoms with Crippen molar-refractivity contribution in [2.45, 2.75) is 45.6 Å². The fourth-order valence-electron chi connectivity index (χ4n) is 4.23. The zero-order chi connectivity index (χ0) is 20.5. The molecule has 0 unspecified atom stereocenters. The Kier molecular flexibility index (Phi) is 5.37. The van der Waals surface area contributed by atoms with E-state index in [0.29, 0.717) is 17.8 Å². The van der Waals surface area contributed by atoms with Crippen LogP contribution < -0.4 is 5.32 Å². The number of carbonyl (C=O) groups is 1. The summed E-state index contributed by atoms with van der Waals surface area (Å²) < 4.78 is 5.67. The maximum atomic E-state index is 12.8. The average molecular weight is 395 g/mol. The van der Waals surface area contributed by atoms with Crippen LogP contribution in [0.15, 0.2) is 35.0 Å². The number of fused-ring (bicyclic) bond motifs is 1. The Bertz CT molecular complexity index is 1040. The number of anilines is 1. The van der Waals surface area contributed by atoms with Crippen LogP contribution in [-0.4, -0.2) is 40.9 Å². The number of amides is 1. The number of nitrogens with one attached hydrogen (secondary N) is 1. The van der Waals surface area contributed by atoms with Gasteiger partial charge in [-0.15, -0.1) is 0 Å². The molecule has 4 rings (SSSR count). The summed E-state index contributed by atoms with van der Waals surface area (Å²) in [4.78, 5) is 23.7. The van der Waals surface area contributed by atoms with E-state index in [4.69, 9.17) is 4.42 Å². The molecule has 3 aromatic rings. The number of carbonyl (C=O) groups excluding carboxylic acids is 1. The fraction of sp³-hybridized carbons (Fsp3) is 0.435. The van der Waals surface area contributed by atoms with Crippen LogP contribution in [0.5, 0.6) is 0 Å². The van der Waals surface area contributed by atoms with Gasteiger partial charge in [0, 0.05) is 37.5 Å². The predicted molar refractivity (Wildman–Crippen MR) is 117 cm³/mol. The summed E-state index contributed by atoms with van der Waals surface area (Å²) in [6.07, 6.45) is 7.56. The quantitative estimate of drug-likeness (QED) is 0.687. The third kappa shape index (κ3) is 4.17. The molecule has 0 aliphatic heterocycles. The largest absolute Gasteiger partial charge is 0.441 e. The molecule has 1 amide bonds. The molecule has 2 heterocycles. The van der Waals surface area contributed by atoms with Crippen LogP contribution in [0.1, 0.15) is 38.6 Å². The molecular formula is C23H30N4O2. The smallest absolute Gasteiger partial charge is 0.228 e. The zero-order valence-electron chi connectivity index (χ0n) is 17.5. The molecule has 1 saturated carbocycles. The summed E-state index contributed by atoms with van der Waals surface area (Å²) in [5.74, 6) is 2.13. The Morgan fingerprint density at radius 1 is 1.10 bits per heavy atom. The van der Waals surface area contributed by atoms with Crippen LogP contribution >= 0.6 is 0 Å². The van der Waals surface area contributed by atoms with Gasteiger partial charge in [0.2, 0.25) is 5.91 Å². The highest BCUT2D eigenvalue weighted by molar-refractivity contribution is 5.95. The molecule has 6 nitrogen and oxygen atoms in total.